The highest BCUT2D eigenvalue weighted by Gasteiger charge is 2.42. The van der Waals surface area contributed by atoms with E-state index >= 15 is 0 Å². The van der Waals surface area contributed by atoms with Gasteiger partial charge in [0.15, 0.2) is 0 Å². The largest absolute Gasteiger partial charge is 0.393 e. The maximum Gasteiger partial charge on any atom is 0.125 e. The summed E-state index contributed by atoms with van der Waals surface area (Å²) >= 11 is 12.9. The Bertz CT molecular complexity index is 237. The number of aliphatic hydroxyl groups is 1. The van der Waals surface area contributed by atoms with Crippen molar-refractivity contribution < 1.29 is 5.11 Å². The number of alkyl halides is 2. The molecule has 20 heavy (non-hydrogen) atoms. The maximum absolute atomic E-state index is 9.49. The summed E-state index contributed by atoms with van der Waals surface area (Å²) in [6.45, 7) is 8.21. The Morgan fingerprint density at radius 2 is 1.35 bits per heavy atom. The minimum Gasteiger partial charge on any atom is -0.393 e. The van der Waals surface area contributed by atoms with E-state index in [0.717, 1.165) is 6.42 Å². The normalized spacial score (nSPS) is 14.6. The lowest BCUT2D eigenvalue weighted by Gasteiger charge is -2.38. The van der Waals surface area contributed by atoms with Crippen LogP contribution in [-0.4, -0.2) is 15.5 Å². The van der Waals surface area contributed by atoms with Crippen molar-refractivity contribution in [3.63, 3.8) is 0 Å². The number of hydrogen-bond donors (Lipinski definition) is 1. The third-order valence-electron chi connectivity index (χ3n) is 4.20. The number of unbranched alkanes of at least 4 members (excludes halogenated alkanes) is 7. The van der Waals surface area contributed by atoms with Crippen molar-refractivity contribution in [3.05, 3.63) is 0 Å². The molecule has 0 saturated carbocycles. The Labute approximate surface area is 136 Å². The van der Waals surface area contributed by atoms with Gasteiger partial charge in [0, 0.05) is 6.42 Å². The lowest BCUT2D eigenvalue weighted by atomic mass is 9.80. The number of rotatable bonds is 12. The third kappa shape index (κ3) is 8.74. The summed E-state index contributed by atoms with van der Waals surface area (Å²) in [4.78, 5) is 0. The predicted molar refractivity (Wildman–Crippen MR) is 91.7 cm³/mol. The summed E-state index contributed by atoms with van der Waals surface area (Å²) in [5, 5.41) is 9.49. The maximum atomic E-state index is 9.49. The van der Waals surface area contributed by atoms with E-state index in [4.69, 9.17) is 23.2 Å². The van der Waals surface area contributed by atoms with E-state index in [1.807, 2.05) is 0 Å². The van der Waals surface area contributed by atoms with E-state index in [2.05, 4.69) is 20.8 Å². The monoisotopic (exact) mass is 324 g/mol. The molecule has 0 aromatic heterocycles. The average molecular weight is 325 g/mol. The van der Waals surface area contributed by atoms with Crippen molar-refractivity contribution in [2.45, 2.75) is 102 Å². The van der Waals surface area contributed by atoms with Crippen molar-refractivity contribution >= 4 is 23.2 Å². The summed E-state index contributed by atoms with van der Waals surface area (Å²) in [5.74, 6) is 0. The van der Waals surface area contributed by atoms with E-state index in [9.17, 15) is 5.11 Å². The highest BCUT2D eigenvalue weighted by molar-refractivity contribution is 6.48. The zero-order chi connectivity index (χ0) is 15.6. The fraction of sp³-hybridized carbons (Fsp3) is 1.00. The van der Waals surface area contributed by atoms with Crippen LogP contribution in [0, 0.1) is 5.41 Å². The first-order valence-corrected chi connectivity index (χ1v) is 9.04. The van der Waals surface area contributed by atoms with E-state index in [-0.39, 0.29) is 5.41 Å². The standard InChI is InChI=1S/C17H34Cl2O/c1-5-6-7-8-9-10-11-12-13-16(3,4)17(18,19)14-15(2)20/h15,20H,5-14H2,1-4H3. The van der Waals surface area contributed by atoms with Gasteiger partial charge in [-0.25, -0.2) is 0 Å². The molecule has 122 valence electrons. The topological polar surface area (TPSA) is 20.2 Å². The number of halogens is 2. The first kappa shape index (κ1) is 20.5. The van der Waals surface area contributed by atoms with Gasteiger partial charge in [0.05, 0.1) is 6.10 Å². The molecule has 0 saturated heterocycles. The van der Waals surface area contributed by atoms with Gasteiger partial charge in [0.1, 0.15) is 4.33 Å². The second-order valence-electron chi connectivity index (χ2n) is 6.87. The molecule has 0 aliphatic carbocycles. The van der Waals surface area contributed by atoms with Gasteiger partial charge < -0.3 is 5.11 Å². The van der Waals surface area contributed by atoms with Crippen LogP contribution in [-0.2, 0) is 0 Å². The summed E-state index contributed by atoms with van der Waals surface area (Å²) < 4.78 is -0.845. The molecule has 0 aliphatic rings. The molecule has 0 fully saturated rings. The summed E-state index contributed by atoms with van der Waals surface area (Å²) in [6, 6.07) is 0. The third-order valence-corrected chi connectivity index (χ3v) is 5.53. The average Bonchev–Trinajstić information content (AvgIpc) is 2.30. The van der Waals surface area contributed by atoms with E-state index < -0.39 is 10.4 Å². The quantitative estimate of drug-likeness (QED) is 0.321. The fourth-order valence-electron chi connectivity index (χ4n) is 2.53. The van der Waals surface area contributed by atoms with Crippen LogP contribution in [0.1, 0.15) is 91.9 Å². The summed E-state index contributed by atoms with van der Waals surface area (Å²) in [7, 11) is 0. The Morgan fingerprint density at radius 3 is 1.80 bits per heavy atom. The fourth-order valence-corrected chi connectivity index (χ4v) is 3.17. The van der Waals surface area contributed by atoms with E-state index in [1.54, 1.807) is 6.92 Å². The first-order valence-electron chi connectivity index (χ1n) is 8.29. The molecule has 3 heteroatoms. The molecule has 1 unspecified atom stereocenters. The Kier molecular flexibility index (Phi) is 10.6. The number of hydrogen-bond acceptors (Lipinski definition) is 1. The molecular weight excluding hydrogens is 291 g/mol. The minimum absolute atomic E-state index is 0.157. The van der Waals surface area contributed by atoms with Gasteiger partial charge in [-0.15, -0.1) is 23.2 Å². The van der Waals surface area contributed by atoms with Crippen LogP contribution in [0.3, 0.4) is 0 Å². The van der Waals surface area contributed by atoms with Gasteiger partial charge in [-0.2, -0.15) is 0 Å². The van der Waals surface area contributed by atoms with Gasteiger partial charge in [-0.05, 0) is 18.8 Å². The van der Waals surface area contributed by atoms with Crippen LogP contribution in [0.15, 0.2) is 0 Å². The molecule has 0 aliphatic heterocycles. The molecule has 1 nitrogen and oxygen atoms in total. The first-order chi connectivity index (χ1) is 9.23. The van der Waals surface area contributed by atoms with Crippen LogP contribution in [0.25, 0.3) is 0 Å². The second-order valence-corrected chi connectivity index (χ2v) is 8.35. The summed E-state index contributed by atoms with van der Waals surface area (Å²) in [6.07, 6.45) is 11.5. The van der Waals surface area contributed by atoms with Crippen LogP contribution in [0.2, 0.25) is 0 Å². The molecular formula is C17H34Cl2O. The molecule has 0 aromatic rings. The van der Waals surface area contributed by atoms with Gasteiger partial charge in [-0.3, -0.25) is 0 Å². The van der Waals surface area contributed by atoms with Crippen LogP contribution in [0.4, 0.5) is 0 Å². The van der Waals surface area contributed by atoms with Gasteiger partial charge >= 0.3 is 0 Å². The van der Waals surface area contributed by atoms with Crippen molar-refractivity contribution in [1.29, 1.82) is 0 Å². The van der Waals surface area contributed by atoms with Gasteiger partial charge in [-0.1, -0.05) is 72.1 Å². The highest BCUT2D eigenvalue weighted by Crippen LogP contribution is 2.47. The molecule has 1 N–H and O–H groups in total. The lowest BCUT2D eigenvalue weighted by Crippen LogP contribution is -2.37. The van der Waals surface area contributed by atoms with Gasteiger partial charge in [0.2, 0.25) is 0 Å². The molecule has 0 radical (unpaired) electrons. The van der Waals surface area contributed by atoms with Crippen molar-refractivity contribution in [1.82, 2.24) is 0 Å². The zero-order valence-corrected chi connectivity index (χ0v) is 15.4. The molecule has 0 spiro atoms. The molecule has 1 atom stereocenters. The zero-order valence-electron chi connectivity index (χ0n) is 13.9. The van der Waals surface area contributed by atoms with Crippen LogP contribution < -0.4 is 0 Å². The molecule has 0 aromatic carbocycles. The molecule has 0 bridgehead atoms. The smallest absolute Gasteiger partial charge is 0.125 e. The van der Waals surface area contributed by atoms with Crippen molar-refractivity contribution in [3.8, 4) is 0 Å². The van der Waals surface area contributed by atoms with Crippen molar-refractivity contribution in [2.75, 3.05) is 0 Å². The van der Waals surface area contributed by atoms with Crippen LogP contribution in [0.5, 0.6) is 0 Å². The Balaban J connectivity index is 3.81. The minimum atomic E-state index is -0.845. The molecule has 0 rings (SSSR count). The summed E-state index contributed by atoms with van der Waals surface area (Å²) in [5.41, 5.74) is -0.157. The SMILES string of the molecule is CCCCCCCCCCC(C)(C)C(Cl)(Cl)CC(C)O. The van der Waals surface area contributed by atoms with E-state index in [1.165, 1.54) is 51.4 Å². The van der Waals surface area contributed by atoms with Crippen LogP contribution >= 0.6 is 23.2 Å². The lowest BCUT2D eigenvalue weighted by molar-refractivity contribution is 0.146. The molecule has 0 amide bonds. The predicted octanol–water partition coefficient (Wildman–Crippen LogP) is 6.49. The van der Waals surface area contributed by atoms with E-state index in [0.29, 0.717) is 6.42 Å². The Morgan fingerprint density at radius 1 is 0.900 bits per heavy atom. The number of aliphatic hydroxyl groups excluding tert-OH is 1. The second kappa shape index (κ2) is 10.3. The van der Waals surface area contributed by atoms with Gasteiger partial charge in [0.25, 0.3) is 0 Å². The molecule has 0 heterocycles. The highest BCUT2D eigenvalue weighted by atomic mass is 35.5. The Hall–Kier alpha value is 0.540. The van der Waals surface area contributed by atoms with Crippen molar-refractivity contribution in [2.24, 2.45) is 5.41 Å².